The number of aromatic amines is 2. The number of halogens is 2. The zero-order valence-corrected chi connectivity index (χ0v) is 20.5. The normalized spacial score (nSPS) is 17.2. The van der Waals surface area contributed by atoms with Crippen LogP contribution in [0.3, 0.4) is 0 Å². The number of hydrogen-bond acceptors (Lipinski definition) is 5. The maximum Gasteiger partial charge on any atom is 0.248 e. The highest BCUT2D eigenvalue weighted by atomic mass is 32.1. The number of pyridine rings is 2. The monoisotopic (exact) mass is 512 g/mol. The number of rotatable bonds is 5. The van der Waals surface area contributed by atoms with Crippen molar-refractivity contribution in [1.82, 2.24) is 30.1 Å². The van der Waals surface area contributed by atoms with Gasteiger partial charge < -0.3 is 4.98 Å². The van der Waals surface area contributed by atoms with E-state index in [1.54, 1.807) is 29.9 Å². The van der Waals surface area contributed by atoms with Gasteiger partial charge in [0.05, 0.1) is 16.4 Å². The molecule has 0 bridgehead atoms. The average molecular weight is 513 g/mol. The molecular formula is C28H22F2N6S. The number of benzene rings is 1. The van der Waals surface area contributed by atoms with E-state index in [9.17, 15) is 8.78 Å². The second kappa shape index (κ2) is 8.55. The van der Waals surface area contributed by atoms with Crippen LogP contribution < -0.4 is 0 Å². The molecule has 6 nitrogen and oxygen atoms in total. The molecule has 6 aromatic rings. The van der Waals surface area contributed by atoms with Gasteiger partial charge in [0.15, 0.2) is 11.5 Å². The van der Waals surface area contributed by atoms with Gasteiger partial charge in [-0.15, -0.1) is 11.3 Å². The van der Waals surface area contributed by atoms with Gasteiger partial charge in [-0.2, -0.15) is 5.10 Å². The van der Waals surface area contributed by atoms with Gasteiger partial charge in [-0.3, -0.25) is 10.1 Å². The van der Waals surface area contributed by atoms with Gasteiger partial charge in [0.1, 0.15) is 5.69 Å². The van der Waals surface area contributed by atoms with Crippen molar-refractivity contribution in [3.63, 3.8) is 0 Å². The van der Waals surface area contributed by atoms with Crippen LogP contribution in [-0.2, 0) is 6.42 Å². The summed E-state index contributed by atoms with van der Waals surface area (Å²) >= 11 is 1.68. The van der Waals surface area contributed by atoms with E-state index in [1.165, 1.54) is 0 Å². The molecule has 0 aliphatic heterocycles. The summed E-state index contributed by atoms with van der Waals surface area (Å²) in [4.78, 5) is 18.5. The fourth-order valence-electron chi connectivity index (χ4n) is 5.33. The molecule has 0 spiro atoms. The van der Waals surface area contributed by atoms with Gasteiger partial charge in [0.2, 0.25) is 5.92 Å². The number of nitrogens with one attached hydrogen (secondary N) is 2. The van der Waals surface area contributed by atoms with Gasteiger partial charge >= 0.3 is 0 Å². The minimum atomic E-state index is -2.54. The summed E-state index contributed by atoms with van der Waals surface area (Å²) in [6.07, 6.45) is 6.41. The second-order valence-corrected chi connectivity index (χ2v) is 10.7. The van der Waals surface area contributed by atoms with Crippen LogP contribution in [0.4, 0.5) is 8.78 Å². The summed E-state index contributed by atoms with van der Waals surface area (Å²) in [6.45, 7) is 0. The summed E-state index contributed by atoms with van der Waals surface area (Å²) in [5, 5.41) is 10.4. The third-order valence-corrected chi connectivity index (χ3v) is 8.01. The highest BCUT2D eigenvalue weighted by Crippen LogP contribution is 2.40. The molecule has 1 atom stereocenters. The molecule has 1 fully saturated rings. The smallest absolute Gasteiger partial charge is 0.248 e. The number of aromatic nitrogens is 6. The number of hydrogen-bond donors (Lipinski definition) is 2. The van der Waals surface area contributed by atoms with Crippen LogP contribution in [0.1, 0.15) is 24.8 Å². The van der Waals surface area contributed by atoms with Crippen molar-refractivity contribution >= 4 is 33.4 Å². The van der Waals surface area contributed by atoms with Gasteiger partial charge in [0.25, 0.3) is 0 Å². The van der Waals surface area contributed by atoms with E-state index in [0.29, 0.717) is 24.3 Å². The highest BCUT2D eigenvalue weighted by Gasteiger charge is 2.39. The quantitative estimate of drug-likeness (QED) is 0.254. The lowest BCUT2D eigenvalue weighted by atomic mass is 9.97. The van der Waals surface area contributed by atoms with E-state index in [-0.39, 0.29) is 18.8 Å². The van der Waals surface area contributed by atoms with E-state index in [4.69, 9.17) is 4.98 Å². The molecule has 184 valence electrons. The Labute approximate surface area is 214 Å². The number of para-hydroxylation sites is 1. The molecule has 9 heteroatoms. The summed E-state index contributed by atoms with van der Waals surface area (Å²) in [5.74, 6) is -1.86. The third kappa shape index (κ3) is 4.09. The van der Waals surface area contributed by atoms with Crippen LogP contribution in [0.25, 0.3) is 55.2 Å². The SMILES string of the molecule is FC1(F)CCC(Cc2cncc(-c3cnc4n[nH]c(-c5nc6c(-c7cccs7)cccc6[nH]5)c4c3)c2)C1. The van der Waals surface area contributed by atoms with E-state index in [0.717, 1.165) is 49.2 Å². The lowest BCUT2D eigenvalue weighted by Gasteiger charge is -2.11. The number of fused-ring (bicyclic) bond motifs is 2. The van der Waals surface area contributed by atoms with Crippen LogP contribution in [0, 0.1) is 5.92 Å². The topological polar surface area (TPSA) is 83.1 Å². The largest absolute Gasteiger partial charge is 0.337 e. The zero-order valence-electron chi connectivity index (χ0n) is 19.7. The first-order chi connectivity index (χ1) is 18.0. The first-order valence-corrected chi connectivity index (χ1v) is 13.1. The van der Waals surface area contributed by atoms with Crippen LogP contribution in [0.2, 0.25) is 0 Å². The summed E-state index contributed by atoms with van der Waals surface area (Å²) in [5.41, 5.74) is 7.03. The maximum atomic E-state index is 13.7. The van der Waals surface area contributed by atoms with E-state index in [1.807, 2.05) is 30.3 Å². The lowest BCUT2D eigenvalue weighted by molar-refractivity contribution is 0.00508. The van der Waals surface area contributed by atoms with Crippen molar-refractivity contribution in [2.24, 2.45) is 5.92 Å². The molecule has 1 aliphatic rings. The van der Waals surface area contributed by atoms with Crippen LogP contribution in [0.15, 0.2) is 66.4 Å². The Morgan fingerprint density at radius 3 is 2.81 bits per heavy atom. The third-order valence-electron chi connectivity index (χ3n) is 7.10. The van der Waals surface area contributed by atoms with Gasteiger partial charge in [-0.05, 0) is 54.0 Å². The van der Waals surface area contributed by atoms with Crippen LogP contribution in [0.5, 0.6) is 0 Å². The van der Waals surface area contributed by atoms with E-state index >= 15 is 0 Å². The first kappa shape index (κ1) is 22.2. The van der Waals surface area contributed by atoms with Crippen molar-refractivity contribution in [3.8, 4) is 33.1 Å². The average Bonchev–Trinajstić information content (AvgIpc) is 3.69. The molecule has 2 N–H and O–H groups in total. The molecule has 1 aromatic carbocycles. The van der Waals surface area contributed by atoms with Gasteiger partial charge in [-0.25, -0.2) is 18.7 Å². The van der Waals surface area contributed by atoms with Crippen molar-refractivity contribution in [1.29, 1.82) is 0 Å². The molecule has 5 aromatic heterocycles. The molecule has 1 saturated carbocycles. The van der Waals surface area contributed by atoms with E-state index in [2.05, 4.69) is 42.7 Å². The number of H-pyrrole nitrogens is 2. The molecule has 0 amide bonds. The Balaban J connectivity index is 1.24. The van der Waals surface area contributed by atoms with Crippen LogP contribution in [-0.4, -0.2) is 36.1 Å². The molecule has 37 heavy (non-hydrogen) atoms. The molecule has 0 radical (unpaired) electrons. The maximum absolute atomic E-state index is 13.7. The Hall–Kier alpha value is -3.98. The fraction of sp³-hybridized carbons (Fsp3) is 0.214. The Morgan fingerprint density at radius 2 is 1.97 bits per heavy atom. The van der Waals surface area contributed by atoms with E-state index < -0.39 is 5.92 Å². The zero-order chi connectivity index (χ0) is 25.0. The molecule has 1 unspecified atom stereocenters. The van der Waals surface area contributed by atoms with Gasteiger partial charge in [-0.1, -0.05) is 18.2 Å². The first-order valence-electron chi connectivity index (χ1n) is 12.2. The summed E-state index contributed by atoms with van der Waals surface area (Å²) in [6, 6.07) is 14.3. The predicted octanol–water partition coefficient (Wildman–Crippen LogP) is 7.27. The Kier molecular flexibility index (Phi) is 5.14. The van der Waals surface area contributed by atoms with Crippen LogP contribution >= 0.6 is 11.3 Å². The highest BCUT2D eigenvalue weighted by molar-refractivity contribution is 7.13. The summed E-state index contributed by atoms with van der Waals surface area (Å²) in [7, 11) is 0. The fourth-order valence-corrected chi connectivity index (χ4v) is 6.08. The molecule has 7 rings (SSSR count). The molecule has 5 heterocycles. The summed E-state index contributed by atoms with van der Waals surface area (Å²) < 4.78 is 27.3. The van der Waals surface area contributed by atoms with Crippen molar-refractivity contribution in [3.05, 3.63) is 72.0 Å². The van der Waals surface area contributed by atoms with Gasteiger partial charge in [0, 0.05) is 53.0 Å². The standard InChI is InChI=1S/C28H22F2N6S/c29-28(30)7-6-16(12-28)9-17-10-18(14-31-13-17)19-11-21-25(35-36-26(21)32-15-19)27-33-22-4-1-3-20(24(22)34-27)23-5-2-8-37-23/h1-5,8,10-11,13-16H,6-7,9,12H2,(H,33,34)(H,32,35,36). The predicted molar refractivity (Wildman–Crippen MR) is 142 cm³/mol. The lowest BCUT2D eigenvalue weighted by Crippen LogP contribution is -2.10. The molecule has 0 saturated heterocycles. The minimum Gasteiger partial charge on any atom is -0.337 e. The number of alkyl halides is 2. The number of nitrogens with zero attached hydrogens (tertiary/aromatic N) is 4. The Morgan fingerprint density at radius 1 is 1.05 bits per heavy atom. The Bertz CT molecular complexity index is 1740. The van der Waals surface area contributed by atoms with Crippen molar-refractivity contribution in [2.45, 2.75) is 31.6 Å². The van der Waals surface area contributed by atoms with Crippen molar-refractivity contribution in [2.75, 3.05) is 0 Å². The number of thiophene rings is 1. The minimum absolute atomic E-state index is 0.0136. The molecule has 1 aliphatic carbocycles. The number of imidazole rings is 1. The van der Waals surface area contributed by atoms with Crippen molar-refractivity contribution < 1.29 is 8.78 Å². The second-order valence-electron chi connectivity index (χ2n) is 9.71. The molecular weight excluding hydrogens is 490 g/mol.